The lowest BCUT2D eigenvalue weighted by Gasteiger charge is -2.63. The molecule has 1 aromatic carbocycles. The highest BCUT2D eigenvalue weighted by Crippen LogP contribution is 2.62. The van der Waals surface area contributed by atoms with Crippen molar-refractivity contribution in [2.24, 2.45) is 16.3 Å². The zero-order valence-electron chi connectivity index (χ0n) is 15.9. The molecule has 2 saturated carbocycles. The third-order valence-electron chi connectivity index (χ3n) is 6.27. The first-order valence-corrected chi connectivity index (χ1v) is 9.64. The Labute approximate surface area is 177 Å². The van der Waals surface area contributed by atoms with E-state index < -0.39 is 0 Å². The minimum atomic E-state index is -0.337. The number of ether oxygens (including phenoxy) is 2. The number of hydrogen-bond acceptors (Lipinski definition) is 3. The highest BCUT2D eigenvalue weighted by molar-refractivity contribution is 14.0. The Bertz CT molecular complexity index is 683. The molecular formula is C20H29FIN3O2. The predicted molar refractivity (Wildman–Crippen MR) is 114 cm³/mol. The monoisotopic (exact) mass is 489 g/mol. The topological polar surface area (TPSA) is 54.9 Å². The van der Waals surface area contributed by atoms with Crippen LogP contribution in [0.2, 0.25) is 0 Å². The van der Waals surface area contributed by atoms with Crippen LogP contribution in [-0.4, -0.2) is 44.4 Å². The lowest BCUT2D eigenvalue weighted by Crippen LogP contribution is -2.72. The number of para-hydroxylation sites is 1. The summed E-state index contributed by atoms with van der Waals surface area (Å²) in [6.07, 6.45) is 5.19. The van der Waals surface area contributed by atoms with Crippen LogP contribution < -0.4 is 15.4 Å². The van der Waals surface area contributed by atoms with E-state index in [-0.39, 0.29) is 41.6 Å². The van der Waals surface area contributed by atoms with Crippen molar-refractivity contribution < 1.29 is 13.9 Å². The summed E-state index contributed by atoms with van der Waals surface area (Å²) < 4.78 is 25.4. The second-order valence-electron chi connectivity index (χ2n) is 7.76. The van der Waals surface area contributed by atoms with Gasteiger partial charge in [-0.05, 0) is 38.3 Å². The quantitative estimate of drug-likeness (QED) is 0.379. The second kappa shape index (κ2) is 8.51. The number of hydrogen-bond donors (Lipinski definition) is 2. The number of halogens is 2. The van der Waals surface area contributed by atoms with Gasteiger partial charge in [0.05, 0.1) is 12.6 Å². The molecule has 150 valence electrons. The van der Waals surface area contributed by atoms with Crippen LogP contribution in [0.5, 0.6) is 5.75 Å². The van der Waals surface area contributed by atoms with E-state index in [0.29, 0.717) is 30.0 Å². The Balaban J connectivity index is 0.00000210. The molecule has 4 rings (SSSR count). The molecule has 4 atom stereocenters. The van der Waals surface area contributed by atoms with Crippen molar-refractivity contribution in [2.75, 3.05) is 20.2 Å². The Hall–Kier alpha value is -1.09. The van der Waals surface area contributed by atoms with Gasteiger partial charge >= 0.3 is 0 Å². The molecule has 0 amide bonds. The fourth-order valence-electron chi connectivity index (χ4n) is 4.84. The summed E-state index contributed by atoms with van der Waals surface area (Å²) in [5.74, 6) is 1.33. The summed E-state index contributed by atoms with van der Waals surface area (Å²) in [6, 6.07) is 6.93. The van der Waals surface area contributed by atoms with Gasteiger partial charge in [-0.25, -0.2) is 4.39 Å². The fourth-order valence-corrected chi connectivity index (χ4v) is 4.84. The number of fused-ring (bicyclic) bond motifs is 2. The number of nitrogens with zero attached hydrogens (tertiary/aromatic N) is 1. The zero-order valence-corrected chi connectivity index (χ0v) is 18.2. The van der Waals surface area contributed by atoms with Crippen LogP contribution in [0.4, 0.5) is 4.39 Å². The van der Waals surface area contributed by atoms with Crippen LogP contribution in [0.15, 0.2) is 29.3 Å². The normalized spacial score (nSPS) is 29.0. The molecule has 1 aromatic rings. The van der Waals surface area contributed by atoms with Crippen LogP contribution >= 0.6 is 24.0 Å². The lowest BCUT2D eigenvalue weighted by atomic mass is 9.46. The van der Waals surface area contributed by atoms with Crippen molar-refractivity contribution in [3.05, 3.63) is 30.1 Å². The maximum Gasteiger partial charge on any atom is 0.191 e. The fraction of sp³-hybridized carbons (Fsp3) is 0.650. The third-order valence-corrected chi connectivity index (χ3v) is 6.27. The van der Waals surface area contributed by atoms with E-state index in [4.69, 9.17) is 9.47 Å². The van der Waals surface area contributed by atoms with Crippen LogP contribution in [0, 0.1) is 17.2 Å². The number of aliphatic imine (C=N–C) groups is 1. The van der Waals surface area contributed by atoms with Crippen molar-refractivity contribution in [1.82, 2.24) is 10.6 Å². The summed E-state index contributed by atoms with van der Waals surface area (Å²) >= 11 is 0. The number of rotatable bonds is 5. The molecule has 3 fully saturated rings. The van der Waals surface area contributed by atoms with Crippen molar-refractivity contribution in [3.8, 4) is 5.75 Å². The smallest absolute Gasteiger partial charge is 0.191 e. The first-order valence-electron chi connectivity index (χ1n) is 9.64. The van der Waals surface area contributed by atoms with Crippen LogP contribution in [0.1, 0.15) is 32.6 Å². The molecule has 1 aliphatic heterocycles. The third kappa shape index (κ3) is 3.77. The van der Waals surface area contributed by atoms with E-state index in [1.54, 1.807) is 25.2 Å². The van der Waals surface area contributed by atoms with E-state index in [2.05, 4.69) is 15.6 Å². The molecule has 27 heavy (non-hydrogen) atoms. The summed E-state index contributed by atoms with van der Waals surface area (Å²) in [5.41, 5.74) is 0.314. The van der Waals surface area contributed by atoms with Gasteiger partial charge in [0.25, 0.3) is 0 Å². The SMILES string of the molecule is CN=C(NCC(C)Oc1ccccc1F)NC1C2CCOC2C12CCC2.I. The Kier molecular flexibility index (Phi) is 6.50. The predicted octanol–water partition coefficient (Wildman–Crippen LogP) is 3.33. The highest BCUT2D eigenvalue weighted by Gasteiger charge is 2.66. The van der Waals surface area contributed by atoms with Gasteiger partial charge in [0, 0.05) is 31.0 Å². The van der Waals surface area contributed by atoms with Crippen molar-refractivity contribution in [2.45, 2.75) is 50.9 Å². The van der Waals surface area contributed by atoms with Gasteiger partial charge in [-0.15, -0.1) is 24.0 Å². The number of guanidine groups is 1. The van der Waals surface area contributed by atoms with Gasteiger partial charge in [-0.3, -0.25) is 4.99 Å². The minimum Gasteiger partial charge on any atom is -0.486 e. The zero-order chi connectivity index (χ0) is 18.1. The van der Waals surface area contributed by atoms with Crippen LogP contribution in [-0.2, 0) is 4.74 Å². The lowest BCUT2D eigenvalue weighted by molar-refractivity contribution is -0.171. The minimum absolute atomic E-state index is 0. The van der Waals surface area contributed by atoms with Gasteiger partial charge in [0.1, 0.15) is 6.10 Å². The summed E-state index contributed by atoms with van der Waals surface area (Å²) in [4.78, 5) is 4.37. The van der Waals surface area contributed by atoms with E-state index in [0.717, 1.165) is 19.0 Å². The molecule has 0 aromatic heterocycles. The Morgan fingerprint density at radius 1 is 1.41 bits per heavy atom. The van der Waals surface area contributed by atoms with Crippen molar-refractivity contribution >= 4 is 29.9 Å². The molecule has 5 nitrogen and oxygen atoms in total. The average Bonchev–Trinajstić information content (AvgIpc) is 3.01. The molecule has 0 radical (unpaired) electrons. The number of benzene rings is 1. The van der Waals surface area contributed by atoms with Gasteiger partial charge < -0.3 is 20.1 Å². The summed E-state index contributed by atoms with van der Waals surface area (Å²) in [7, 11) is 1.78. The molecule has 2 N–H and O–H groups in total. The average molecular weight is 489 g/mol. The summed E-state index contributed by atoms with van der Waals surface area (Å²) in [6.45, 7) is 3.36. The molecule has 4 unspecified atom stereocenters. The summed E-state index contributed by atoms with van der Waals surface area (Å²) in [5, 5.41) is 6.95. The molecule has 1 spiro atoms. The maximum absolute atomic E-state index is 13.7. The highest BCUT2D eigenvalue weighted by atomic mass is 127. The molecular weight excluding hydrogens is 460 g/mol. The molecule has 1 saturated heterocycles. The second-order valence-corrected chi connectivity index (χ2v) is 7.76. The van der Waals surface area contributed by atoms with Gasteiger partial charge in [-0.2, -0.15) is 0 Å². The van der Waals surface area contributed by atoms with Crippen LogP contribution in [0.25, 0.3) is 0 Å². The van der Waals surface area contributed by atoms with E-state index >= 15 is 0 Å². The van der Waals surface area contributed by atoms with E-state index in [9.17, 15) is 4.39 Å². The first kappa shape index (κ1) is 20.6. The van der Waals surface area contributed by atoms with Gasteiger partial charge in [0.2, 0.25) is 0 Å². The van der Waals surface area contributed by atoms with Crippen molar-refractivity contribution in [3.63, 3.8) is 0 Å². The van der Waals surface area contributed by atoms with E-state index in [1.165, 1.54) is 25.3 Å². The Morgan fingerprint density at radius 3 is 2.85 bits per heavy atom. The van der Waals surface area contributed by atoms with Gasteiger partial charge in [-0.1, -0.05) is 18.6 Å². The molecule has 7 heteroatoms. The standard InChI is InChI=1S/C20H28FN3O2.HI/c1-13(26-16-7-4-3-6-15(16)21)12-23-19(22-2)24-17-14-8-11-25-18(14)20(17)9-5-10-20;/h3-4,6-7,13-14,17-18H,5,8-12H2,1-2H3,(H2,22,23,24);1H. The molecule has 3 aliphatic rings. The molecule has 2 aliphatic carbocycles. The van der Waals surface area contributed by atoms with E-state index in [1.807, 2.05) is 6.92 Å². The number of nitrogens with one attached hydrogen (secondary N) is 2. The van der Waals surface area contributed by atoms with Crippen molar-refractivity contribution in [1.29, 1.82) is 0 Å². The molecule has 1 heterocycles. The first-order chi connectivity index (χ1) is 12.6. The largest absolute Gasteiger partial charge is 0.486 e. The maximum atomic E-state index is 13.7. The Morgan fingerprint density at radius 2 is 2.19 bits per heavy atom. The molecule has 0 bridgehead atoms. The van der Waals surface area contributed by atoms with Gasteiger partial charge in [0.15, 0.2) is 17.5 Å². The van der Waals surface area contributed by atoms with Crippen LogP contribution in [0.3, 0.4) is 0 Å².